The fourth-order valence-electron chi connectivity index (χ4n) is 1.01. The van der Waals surface area contributed by atoms with Crippen LogP contribution in [-0.2, 0) is 0 Å². The van der Waals surface area contributed by atoms with Gasteiger partial charge in [-0.05, 0) is 25.2 Å². The Hall–Kier alpha value is -0.990. The molecule has 1 atom stereocenters. The molecule has 0 aliphatic carbocycles. The van der Waals surface area contributed by atoms with Crippen LogP contribution in [0.5, 0.6) is 5.75 Å². The molecular weight excluding hydrogens is 198 g/mol. The zero-order valence-corrected chi connectivity index (χ0v) is 8.92. The Bertz CT molecular complexity index is 301. The van der Waals surface area contributed by atoms with E-state index in [2.05, 4.69) is 11.9 Å². The van der Waals surface area contributed by atoms with E-state index in [-0.39, 0.29) is 6.04 Å². The van der Waals surface area contributed by atoms with Gasteiger partial charge in [0.15, 0.2) is 0 Å². The van der Waals surface area contributed by atoms with E-state index in [9.17, 15) is 0 Å². The average molecular weight is 212 g/mol. The molecule has 0 radical (unpaired) electrons. The second-order valence-corrected chi connectivity index (χ2v) is 3.34. The van der Waals surface area contributed by atoms with Crippen molar-refractivity contribution in [3.8, 4) is 5.75 Å². The highest BCUT2D eigenvalue weighted by Crippen LogP contribution is 2.17. The van der Waals surface area contributed by atoms with E-state index in [0.29, 0.717) is 11.6 Å². The van der Waals surface area contributed by atoms with E-state index >= 15 is 0 Å². The molecule has 14 heavy (non-hydrogen) atoms. The number of likely N-dealkylation sites (N-methyl/N-ethyl adjacent to an activating group) is 1. The minimum Gasteiger partial charge on any atom is -0.492 e. The Morgan fingerprint density at radius 3 is 3.00 bits per heavy atom. The van der Waals surface area contributed by atoms with Gasteiger partial charge in [-0.15, -0.1) is 6.58 Å². The molecule has 0 bridgehead atoms. The summed E-state index contributed by atoms with van der Waals surface area (Å²) in [6.07, 6.45) is 1.81. The smallest absolute Gasteiger partial charge is 0.120 e. The highest BCUT2D eigenvalue weighted by molar-refractivity contribution is 6.30. The van der Waals surface area contributed by atoms with Crippen LogP contribution in [0, 0.1) is 0 Å². The molecule has 1 aromatic carbocycles. The molecular formula is C11H14ClNO. The van der Waals surface area contributed by atoms with Crippen LogP contribution in [0.15, 0.2) is 36.9 Å². The molecule has 76 valence electrons. The topological polar surface area (TPSA) is 21.3 Å². The van der Waals surface area contributed by atoms with Gasteiger partial charge in [0.1, 0.15) is 12.4 Å². The van der Waals surface area contributed by atoms with Crippen molar-refractivity contribution in [2.45, 2.75) is 6.04 Å². The van der Waals surface area contributed by atoms with Crippen molar-refractivity contribution in [3.63, 3.8) is 0 Å². The second kappa shape index (κ2) is 5.68. The van der Waals surface area contributed by atoms with Crippen LogP contribution in [0.4, 0.5) is 0 Å². The molecule has 0 fully saturated rings. The molecule has 0 spiro atoms. The van der Waals surface area contributed by atoms with Gasteiger partial charge in [-0.1, -0.05) is 23.7 Å². The third-order valence-electron chi connectivity index (χ3n) is 1.88. The minimum atomic E-state index is 0.161. The van der Waals surface area contributed by atoms with E-state index in [1.54, 1.807) is 6.07 Å². The molecule has 0 amide bonds. The van der Waals surface area contributed by atoms with Gasteiger partial charge >= 0.3 is 0 Å². The lowest BCUT2D eigenvalue weighted by atomic mass is 10.3. The van der Waals surface area contributed by atoms with Crippen LogP contribution in [-0.4, -0.2) is 19.7 Å². The number of nitrogens with one attached hydrogen (secondary N) is 1. The summed E-state index contributed by atoms with van der Waals surface area (Å²) in [5.74, 6) is 0.777. The summed E-state index contributed by atoms with van der Waals surface area (Å²) in [4.78, 5) is 0. The largest absolute Gasteiger partial charge is 0.492 e. The van der Waals surface area contributed by atoms with Gasteiger partial charge in [-0.3, -0.25) is 0 Å². The highest BCUT2D eigenvalue weighted by Gasteiger charge is 2.01. The zero-order valence-electron chi connectivity index (χ0n) is 8.16. The lowest BCUT2D eigenvalue weighted by Crippen LogP contribution is -2.29. The standard InChI is InChI=1S/C11H14ClNO/c1-3-10(13-2)8-14-11-6-4-5-9(12)7-11/h3-7,10,13H,1,8H2,2H3. The van der Waals surface area contributed by atoms with Crippen molar-refractivity contribution in [2.24, 2.45) is 0 Å². The fraction of sp³-hybridized carbons (Fsp3) is 0.273. The van der Waals surface area contributed by atoms with Gasteiger partial charge in [-0.2, -0.15) is 0 Å². The van der Waals surface area contributed by atoms with Crippen LogP contribution >= 0.6 is 11.6 Å². The third-order valence-corrected chi connectivity index (χ3v) is 2.12. The van der Waals surface area contributed by atoms with Crippen molar-refractivity contribution >= 4 is 11.6 Å². The highest BCUT2D eigenvalue weighted by atomic mass is 35.5. The maximum atomic E-state index is 5.81. The lowest BCUT2D eigenvalue weighted by molar-refractivity contribution is 0.292. The Kier molecular flexibility index (Phi) is 4.50. The van der Waals surface area contributed by atoms with Crippen molar-refractivity contribution in [2.75, 3.05) is 13.7 Å². The lowest BCUT2D eigenvalue weighted by Gasteiger charge is -2.12. The summed E-state index contributed by atoms with van der Waals surface area (Å²) in [6, 6.07) is 7.50. The van der Waals surface area contributed by atoms with Gasteiger partial charge in [0.05, 0.1) is 6.04 Å². The van der Waals surface area contributed by atoms with E-state index in [4.69, 9.17) is 16.3 Å². The van der Waals surface area contributed by atoms with Crippen molar-refractivity contribution in [3.05, 3.63) is 41.9 Å². The zero-order chi connectivity index (χ0) is 10.4. The summed E-state index contributed by atoms with van der Waals surface area (Å²) in [7, 11) is 1.87. The number of halogens is 1. The van der Waals surface area contributed by atoms with Crippen LogP contribution in [0.1, 0.15) is 0 Å². The molecule has 3 heteroatoms. The monoisotopic (exact) mass is 211 g/mol. The van der Waals surface area contributed by atoms with E-state index < -0.39 is 0 Å². The van der Waals surface area contributed by atoms with Crippen LogP contribution in [0.2, 0.25) is 5.02 Å². The number of rotatable bonds is 5. The first-order valence-corrected chi connectivity index (χ1v) is 4.82. The van der Waals surface area contributed by atoms with Crippen LogP contribution in [0.3, 0.4) is 0 Å². The van der Waals surface area contributed by atoms with Crippen LogP contribution in [0.25, 0.3) is 0 Å². The predicted molar refractivity (Wildman–Crippen MR) is 60.0 cm³/mol. The molecule has 1 N–H and O–H groups in total. The third kappa shape index (κ3) is 3.40. The van der Waals surface area contributed by atoms with Gasteiger partial charge in [0.25, 0.3) is 0 Å². The quantitative estimate of drug-likeness (QED) is 0.756. The van der Waals surface area contributed by atoms with Gasteiger partial charge in [0.2, 0.25) is 0 Å². The molecule has 1 aromatic rings. The molecule has 0 aliphatic heterocycles. The van der Waals surface area contributed by atoms with Crippen molar-refractivity contribution < 1.29 is 4.74 Å². The molecule has 0 heterocycles. The van der Waals surface area contributed by atoms with Gasteiger partial charge in [0, 0.05) is 5.02 Å². The molecule has 0 aliphatic rings. The average Bonchev–Trinajstić information content (AvgIpc) is 2.19. The molecule has 1 rings (SSSR count). The summed E-state index contributed by atoms with van der Waals surface area (Å²) in [5.41, 5.74) is 0. The Labute approximate surface area is 89.5 Å². The first-order valence-electron chi connectivity index (χ1n) is 4.44. The first kappa shape index (κ1) is 11.1. The normalized spacial score (nSPS) is 12.1. The summed E-state index contributed by atoms with van der Waals surface area (Å²) in [5, 5.41) is 3.74. The van der Waals surface area contributed by atoms with Crippen LogP contribution < -0.4 is 10.1 Å². The van der Waals surface area contributed by atoms with Crippen molar-refractivity contribution in [1.29, 1.82) is 0 Å². The van der Waals surface area contributed by atoms with E-state index in [1.807, 2.05) is 31.3 Å². The summed E-state index contributed by atoms with van der Waals surface area (Å²) in [6.45, 7) is 4.25. The predicted octanol–water partition coefficient (Wildman–Crippen LogP) is 2.49. The van der Waals surface area contributed by atoms with E-state index in [0.717, 1.165) is 5.75 Å². The van der Waals surface area contributed by atoms with Crippen molar-refractivity contribution in [1.82, 2.24) is 5.32 Å². The molecule has 0 aromatic heterocycles. The number of hydrogen-bond donors (Lipinski definition) is 1. The molecule has 1 unspecified atom stereocenters. The molecule has 2 nitrogen and oxygen atoms in total. The number of ether oxygens (including phenoxy) is 1. The SMILES string of the molecule is C=CC(COc1cccc(Cl)c1)NC. The Morgan fingerprint density at radius 1 is 1.64 bits per heavy atom. The Balaban J connectivity index is 2.48. The second-order valence-electron chi connectivity index (χ2n) is 2.90. The number of hydrogen-bond acceptors (Lipinski definition) is 2. The van der Waals surface area contributed by atoms with Gasteiger partial charge in [-0.25, -0.2) is 0 Å². The first-order chi connectivity index (χ1) is 6.76. The van der Waals surface area contributed by atoms with Gasteiger partial charge < -0.3 is 10.1 Å². The number of benzene rings is 1. The summed E-state index contributed by atoms with van der Waals surface area (Å²) >= 11 is 5.81. The minimum absolute atomic E-state index is 0.161. The molecule has 0 saturated carbocycles. The fourth-order valence-corrected chi connectivity index (χ4v) is 1.19. The summed E-state index contributed by atoms with van der Waals surface area (Å²) < 4.78 is 5.51. The maximum Gasteiger partial charge on any atom is 0.120 e. The van der Waals surface area contributed by atoms with E-state index in [1.165, 1.54) is 0 Å². The maximum absolute atomic E-state index is 5.81. The molecule has 0 saturated heterocycles. The Morgan fingerprint density at radius 2 is 2.43 bits per heavy atom.